The van der Waals surface area contributed by atoms with Gasteiger partial charge in [-0.1, -0.05) is 0 Å². The molecule has 0 atom stereocenters. The first-order chi connectivity index (χ1) is 14.0. The van der Waals surface area contributed by atoms with Crippen molar-refractivity contribution in [3.8, 4) is 17.0 Å². The Labute approximate surface area is 170 Å². The zero-order chi connectivity index (χ0) is 20.4. The van der Waals surface area contributed by atoms with Crippen LogP contribution >= 0.6 is 0 Å². The number of benzene rings is 1. The van der Waals surface area contributed by atoms with E-state index in [1.54, 1.807) is 36.3 Å². The molecule has 2 aliphatic heterocycles. The predicted octanol–water partition coefficient (Wildman–Crippen LogP) is 1.75. The van der Waals surface area contributed by atoms with E-state index in [4.69, 9.17) is 4.74 Å². The average molecular weight is 421 g/mol. The Morgan fingerprint density at radius 1 is 0.931 bits per heavy atom. The number of aromatic nitrogens is 2. The highest BCUT2D eigenvalue weighted by Gasteiger charge is 2.34. The van der Waals surface area contributed by atoms with E-state index in [1.165, 1.54) is 14.9 Å². The number of piperazine rings is 1. The number of hydrogen-bond acceptors (Lipinski definition) is 6. The van der Waals surface area contributed by atoms with E-state index >= 15 is 4.39 Å². The normalized spacial score (nSPS) is 18.9. The molecule has 0 spiro atoms. The van der Waals surface area contributed by atoms with Gasteiger partial charge in [0.25, 0.3) is 10.2 Å². The second-order valence-corrected chi connectivity index (χ2v) is 9.02. The van der Waals surface area contributed by atoms with E-state index < -0.39 is 16.0 Å². The number of hydrogen-bond donors (Lipinski definition) is 0. The van der Waals surface area contributed by atoms with Gasteiger partial charge < -0.3 is 9.64 Å². The lowest BCUT2D eigenvalue weighted by Crippen LogP contribution is -2.53. The van der Waals surface area contributed by atoms with E-state index in [2.05, 4.69) is 9.97 Å². The molecule has 1 aromatic heterocycles. The summed E-state index contributed by atoms with van der Waals surface area (Å²) in [5, 5.41) is 0. The fourth-order valence-electron chi connectivity index (χ4n) is 3.74. The van der Waals surface area contributed by atoms with Crippen LogP contribution < -0.4 is 9.64 Å². The van der Waals surface area contributed by atoms with Gasteiger partial charge in [-0.3, -0.25) is 0 Å². The molecule has 1 aromatic carbocycles. The zero-order valence-electron chi connectivity index (χ0n) is 16.3. The van der Waals surface area contributed by atoms with Crippen LogP contribution in [0.5, 0.6) is 5.75 Å². The quantitative estimate of drug-likeness (QED) is 0.732. The van der Waals surface area contributed by atoms with E-state index in [1.807, 2.05) is 0 Å². The van der Waals surface area contributed by atoms with Crippen LogP contribution in [0.1, 0.15) is 12.8 Å². The van der Waals surface area contributed by atoms with Crippen molar-refractivity contribution in [1.82, 2.24) is 18.6 Å². The van der Waals surface area contributed by atoms with Gasteiger partial charge in [-0.25, -0.2) is 14.4 Å². The fraction of sp³-hybridized carbons (Fsp3) is 0.474. The van der Waals surface area contributed by atoms with Crippen LogP contribution in [0, 0.1) is 5.82 Å². The fourth-order valence-corrected chi connectivity index (χ4v) is 5.41. The molecule has 8 nitrogen and oxygen atoms in total. The highest BCUT2D eigenvalue weighted by molar-refractivity contribution is 7.86. The number of ether oxygens (including phenoxy) is 1. The van der Waals surface area contributed by atoms with Crippen LogP contribution in [0.3, 0.4) is 0 Å². The summed E-state index contributed by atoms with van der Waals surface area (Å²) in [5.41, 5.74) is 0.840. The highest BCUT2D eigenvalue weighted by atomic mass is 32.2. The van der Waals surface area contributed by atoms with Gasteiger partial charge in [-0.05, 0) is 37.1 Å². The molecule has 3 heterocycles. The minimum Gasteiger partial charge on any atom is -0.497 e. The SMILES string of the molecule is COc1ccc(-c2ncnc(N3CCN(S(=O)(=O)N4CCCC4)CC3)c2F)cc1. The topological polar surface area (TPSA) is 78.9 Å². The third kappa shape index (κ3) is 3.92. The largest absolute Gasteiger partial charge is 0.497 e. The maximum atomic E-state index is 15.2. The lowest BCUT2D eigenvalue weighted by Gasteiger charge is -2.36. The van der Waals surface area contributed by atoms with Gasteiger partial charge in [0, 0.05) is 44.8 Å². The number of halogens is 1. The third-order valence-corrected chi connectivity index (χ3v) is 7.43. The maximum Gasteiger partial charge on any atom is 0.282 e. The smallest absolute Gasteiger partial charge is 0.282 e. The molecule has 2 aliphatic rings. The Hall–Kier alpha value is -2.30. The zero-order valence-corrected chi connectivity index (χ0v) is 17.1. The van der Waals surface area contributed by atoms with Crippen LogP contribution in [0.4, 0.5) is 10.2 Å². The van der Waals surface area contributed by atoms with Crippen LogP contribution in [-0.2, 0) is 10.2 Å². The molecule has 2 fully saturated rings. The minimum atomic E-state index is -3.43. The van der Waals surface area contributed by atoms with Gasteiger partial charge in [-0.15, -0.1) is 0 Å². The van der Waals surface area contributed by atoms with Gasteiger partial charge >= 0.3 is 0 Å². The summed E-state index contributed by atoms with van der Waals surface area (Å²) < 4.78 is 48.7. The van der Waals surface area contributed by atoms with Gasteiger partial charge in [0.2, 0.25) is 0 Å². The second-order valence-electron chi connectivity index (χ2n) is 7.09. The lowest BCUT2D eigenvalue weighted by atomic mass is 10.1. The molecule has 0 unspecified atom stereocenters. The van der Waals surface area contributed by atoms with Crippen LogP contribution in [0.25, 0.3) is 11.3 Å². The van der Waals surface area contributed by atoms with Crippen LogP contribution in [0.15, 0.2) is 30.6 Å². The molecule has 0 aliphatic carbocycles. The van der Waals surface area contributed by atoms with Crippen LogP contribution in [-0.4, -0.2) is 73.4 Å². The molecule has 2 saturated heterocycles. The van der Waals surface area contributed by atoms with Crippen molar-refractivity contribution in [2.24, 2.45) is 0 Å². The van der Waals surface area contributed by atoms with Gasteiger partial charge in [0.15, 0.2) is 11.6 Å². The van der Waals surface area contributed by atoms with Crippen molar-refractivity contribution in [1.29, 1.82) is 0 Å². The molecule has 0 N–H and O–H groups in total. The third-order valence-electron chi connectivity index (χ3n) is 5.39. The van der Waals surface area contributed by atoms with Crippen molar-refractivity contribution in [3.05, 3.63) is 36.4 Å². The Kier molecular flexibility index (Phi) is 5.66. The van der Waals surface area contributed by atoms with Crippen molar-refractivity contribution >= 4 is 16.0 Å². The molecule has 4 rings (SSSR count). The molecule has 156 valence electrons. The van der Waals surface area contributed by atoms with Gasteiger partial charge in [0.1, 0.15) is 17.8 Å². The molecule has 0 bridgehead atoms. The molecule has 29 heavy (non-hydrogen) atoms. The van der Waals surface area contributed by atoms with Crippen LogP contribution in [0.2, 0.25) is 0 Å². The number of nitrogens with zero attached hydrogens (tertiary/aromatic N) is 5. The Morgan fingerprint density at radius 2 is 1.55 bits per heavy atom. The van der Waals surface area contributed by atoms with E-state index in [-0.39, 0.29) is 11.5 Å². The second kappa shape index (κ2) is 8.21. The Morgan fingerprint density at radius 3 is 2.17 bits per heavy atom. The maximum absolute atomic E-state index is 15.2. The summed E-state index contributed by atoms with van der Waals surface area (Å²) in [5.74, 6) is 0.372. The molecule has 0 saturated carbocycles. The van der Waals surface area contributed by atoms with E-state index in [0.29, 0.717) is 50.6 Å². The molecule has 10 heteroatoms. The van der Waals surface area contributed by atoms with E-state index in [0.717, 1.165) is 12.8 Å². The first-order valence-electron chi connectivity index (χ1n) is 9.66. The summed E-state index contributed by atoms with van der Waals surface area (Å²) >= 11 is 0. The summed E-state index contributed by atoms with van der Waals surface area (Å²) in [6.07, 6.45) is 3.14. The summed E-state index contributed by atoms with van der Waals surface area (Å²) in [6.45, 7) is 2.52. The number of rotatable bonds is 5. The number of methoxy groups -OCH3 is 1. The molecular weight excluding hydrogens is 397 g/mol. The first kappa shape index (κ1) is 20.0. The standard InChI is InChI=1S/C19H24FN5O3S/c1-28-16-6-4-15(5-7-16)18-17(20)19(22-14-21-18)23-10-12-25(13-11-23)29(26,27)24-8-2-3-9-24/h4-7,14H,2-3,8-13H2,1H3. The first-order valence-corrected chi connectivity index (χ1v) is 11.1. The lowest BCUT2D eigenvalue weighted by molar-refractivity contribution is 0.342. The molecule has 0 radical (unpaired) electrons. The monoisotopic (exact) mass is 421 g/mol. The Bertz CT molecular complexity index is 956. The Balaban J connectivity index is 1.50. The van der Waals surface area contributed by atoms with Gasteiger partial charge in [-0.2, -0.15) is 17.0 Å². The van der Waals surface area contributed by atoms with Crippen molar-refractivity contribution in [2.45, 2.75) is 12.8 Å². The molecular formula is C19H24FN5O3S. The predicted molar refractivity (Wildman–Crippen MR) is 107 cm³/mol. The average Bonchev–Trinajstić information content (AvgIpc) is 3.30. The summed E-state index contributed by atoms with van der Waals surface area (Å²) in [7, 11) is -1.86. The summed E-state index contributed by atoms with van der Waals surface area (Å²) in [4.78, 5) is 10.0. The van der Waals surface area contributed by atoms with Crippen molar-refractivity contribution in [3.63, 3.8) is 0 Å². The summed E-state index contributed by atoms with van der Waals surface area (Å²) in [6, 6.07) is 6.99. The van der Waals surface area contributed by atoms with Crippen molar-refractivity contribution in [2.75, 3.05) is 51.3 Å². The van der Waals surface area contributed by atoms with Crippen molar-refractivity contribution < 1.29 is 17.5 Å². The molecule has 0 amide bonds. The van der Waals surface area contributed by atoms with E-state index in [9.17, 15) is 8.42 Å². The molecule has 2 aromatic rings. The van der Waals surface area contributed by atoms with Gasteiger partial charge in [0.05, 0.1) is 7.11 Å². The number of anilines is 1. The minimum absolute atomic E-state index is 0.198. The highest BCUT2D eigenvalue weighted by Crippen LogP contribution is 2.28.